The molecule has 0 unspecified atom stereocenters. The van der Waals surface area contributed by atoms with Crippen molar-refractivity contribution in [3.05, 3.63) is 41.7 Å². The quantitative estimate of drug-likeness (QED) is 0.774. The maximum atomic E-state index is 10.0. The van der Waals surface area contributed by atoms with Crippen LogP contribution in [0.3, 0.4) is 0 Å². The van der Waals surface area contributed by atoms with Crippen molar-refractivity contribution < 1.29 is 5.11 Å². The third-order valence-electron chi connectivity index (χ3n) is 3.22. The van der Waals surface area contributed by atoms with Crippen molar-refractivity contribution in [2.45, 2.75) is 19.9 Å². The van der Waals surface area contributed by atoms with E-state index in [2.05, 4.69) is 23.8 Å². The minimum atomic E-state index is 0.112. The summed E-state index contributed by atoms with van der Waals surface area (Å²) in [5.74, 6) is 0.809. The number of aromatic nitrogens is 3. The number of fused-ring (bicyclic) bond motifs is 1. The first-order chi connectivity index (χ1) is 9.59. The monoisotopic (exact) mass is 287 g/mol. The van der Waals surface area contributed by atoms with Crippen LogP contribution >= 0.6 is 11.6 Å². The molecule has 0 saturated heterocycles. The summed E-state index contributed by atoms with van der Waals surface area (Å²) in [4.78, 5) is 8.52. The molecule has 0 fully saturated rings. The summed E-state index contributed by atoms with van der Waals surface area (Å²) in [5.41, 5.74) is 2.36. The molecule has 20 heavy (non-hydrogen) atoms. The largest absolute Gasteiger partial charge is 0.506 e. The Morgan fingerprint density at radius 1 is 1.25 bits per heavy atom. The van der Waals surface area contributed by atoms with Crippen molar-refractivity contribution in [3.8, 4) is 17.1 Å². The van der Waals surface area contributed by atoms with Gasteiger partial charge in [-0.2, -0.15) is 0 Å². The zero-order valence-electron chi connectivity index (χ0n) is 11.2. The molecule has 5 heteroatoms. The van der Waals surface area contributed by atoms with E-state index in [1.54, 1.807) is 12.3 Å². The van der Waals surface area contributed by atoms with Gasteiger partial charge in [-0.1, -0.05) is 17.7 Å². The van der Waals surface area contributed by atoms with Crippen LogP contribution in [0.25, 0.3) is 22.4 Å². The van der Waals surface area contributed by atoms with Gasteiger partial charge in [-0.3, -0.25) is 4.98 Å². The molecular formula is C15H14ClN3O. The van der Waals surface area contributed by atoms with E-state index >= 15 is 0 Å². The van der Waals surface area contributed by atoms with E-state index in [0.717, 1.165) is 11.0 Å². The molecule has 1 N–H and O–H groups in total. The van der Waals surface area contributed by atoms with Crippen molar-refractivity contribution in [3.63, 3.8) is 0 Å². The van der Waals surface area contributed by atoms with Gasteiger partial charge in [-0.25, -0.2) is 4.98 Å². The first-order valence-electron chi connectivity index (χ1n) is 6.39. The van der Waals surface area contributed by atoms with E-state index in [-0.39, 0.29) is 11.8 Å². The van der Waals surface area contributed by atoms with Crippen LogP contribution in [-0.4, -0.2) is 19.6 Å². The van der Waals surface area contributed by atoms with E-state index in [0.29, 0.717) is 16.4 Å². The molecule has 0 aliphatic carbocycles. The third-order valence-corrected chi connectivity index (χ3v) is 3.52. The third kappa shape index (κ3) is 1.93. The Morgan fingerprint density at radius 2 is 2.05 bits per heavy atom. The summed E-state index contributed by atoms with van der Waals surface area (Å²) < 4.78 is 2.03. The second kappa shape index (κ2) is 4.80. The number of benzene rings is 1. The van der Waals surface area contributed by atoms with Gasteiger partial charge in [-0.15, -0.1) is 0 Å². The van der Waals surface area contributed by atoms with Gasteiger partial charge in [0.15, 0.2) is 0 Å². The Morgan fingerprint density at radius 3 is 2.75 bits per heavy atom. The molecule has 2 aromatic heterocycles. The fraction of sp³-hybridized carbons (Fsp3) is 0.200. The predicted molar refractivity (Wildman–Crippen MR) is 80.0 cm³/mol. The average molecular weight is 288 g/mol. The Kier molecular flexibility index (Phi) is 3.10. The number of pyridine rings is 1. The maximum absolute atomic E-state index is 10.0. The summed E-state index contributed by atoms with van der Waals surface area (Å²) in [6, 6.07) is 7.56. The van der Waals surface area contributed by atoms with Gasteiger partial charge in [0.1, 0.15) is 11.6 Å². The minimum absolute atomic E-state index is 0.112. The summed E-state index contributed by atoms with van der Waals surface area (Å²) >= 11 is 6.31. The lowest BCUT2D eigenvalue weighted by atomic mass is 10.2. The van der Waals surface area contributed by atoms with Crippen molar-refractivity contribution in [2.75, 3.05) is 0 Å². The van der Waals surface area contributed by atoms with Gasteiger partial charge in [0, 0.05) is 12.2 Å². The lowest BCUT2D eigenvalue weighted by Crippen LogP contribution is -2.03. The second-order valence-corrected chi connectivity index (χ2v) is 5.31. The number of rotatable bonds is 2. The number of hydrogen-bond acceptors (Lipinski definition) is 3. The molecule has 3 aromatic rings. The zero-order chi connectivity index (χ0) is 14.3. The highest BCUT2D eigenvalue weighted by molar-refractivity contribution is 6.35. The summed E-state index contributed by atoms with van der Waals surface area (Å²) in [6.45, 7) is 4.12. The van der Waals surface area contributed by atoms with Crippen LogP contribution < -0.4 is 0 Å². The number of nitrogens with zero attached hydrogens (tertiary/aromatic N) is 3. The molecule has 0 aliphatic heterocycles. The topological polar surface area (TPSA) is 50.9 Å². The van der Waals surface area contributed by atoms with E-state index in [1.165, 1.54) is 6.20 Å². The highest BCUT2D eigenvalue weighted by Gasteiger charge is 2.18. The molecule has 1 aromatic carbocycles. The second-order valence-electron chi connectivity index (χ2n) is 4.90. The molecule has 0 saturated carbocycles. The van der Waals surface area contributed by atoms with E-state index in [1.807, 2.05) is 22.8 Å². The van der Waals surface area contributed by atoms with E-state index in [4.69, 9.17) is 11.6 Å². The highest BCUT2D eigenvalue weighted by Crippen LogP contribution is 2.35. The Bertz CT molecular complexity index is 780. The van der Waals surface area contributed by atoms with Crippen LogP contribution in [0, 0.1) is 0 Å². The Hall–Kier alpha value is -2.07. The number of hydrogen-bond donors (Lipinski definition) is 1. The van der Waals surface area contributed by atoms with Crippen LogP contribution in [0.1, 0.15) is 19.9 Å². The fourth-order valence-corrected chi connectivity index (χ4v) is 2.64. The lowest BCUT2D eigenvalue weighted by molar-refractivity contribution is 0.473. The average Bonchev–Trinajstić information content (AvgIpc) is 2.80. The SMILES string of the molecule is CC(C)n1c(-c2ccncc2O)nc2cccc(Cl)c21. The standard InChI is InChI=1S/C15H14ClN3O/c1-9(2)19-14-11(16)4-3-5-12(14)18-15(19)10-6-7-17-8-13(10)20/h3-9,20H,1-2H3. The molecule has 0 radical (unpaired) electrons. The van der Waals surface area contributed by atoms with Crippen molar-refractivity contribution in [1.82, 2.24) is 14.5 Å². The Labute approximate surface area is 121 Å². The van der Waals surface area contributed by atoms with Crippen LogP contribution in [0.2, 0.25) is 5.02 Å². The molecule has 3 rings (SSSR count). The zero-order valence-corrected chi connectivity index (χ0v) is 12.0. The predicted octanol–water partition coefficient (Wildman–Crippen LogP) is 4.04. The van der Waals surface area contributed by atoms with Crippen molar-refractivity contribution >= 4 is 22.6 Å². The molecular weight excluding hydrogens is 274 g/mol. The normalized spacial score (nSPS) is 11.4. The first kappa shape index (κ1) is 12.9. The molecule has 0 aliphatic rings. The van der Waals surface area contributed by atoms with Crippen LogP contribution in [0.4, 0.5) is 0 Å². The summed E-state index contributed by atoms with van der Waals surface area (Å²) in [5, 5.41) is 10.7. The van der Waals surface area contributed by atoms with E-state index < -0.39 is 0 Å². The van der Waals surface area contributed by atoms with Crippen LogP contribution in [0.5, 0.6) is 5.75 Å². The number of aromatic hydroxyl groups is 1. The van der Waals surface area contributed by atoms with Gasteiger partial charge < -0.3 is 9.67 Å². The van der Waals surface area contributed by atoms with Gasteiger partial charge in [0.05, 0.1) is 27.8 Å². The van der Waals surface area contributed by atoms with Gasteiger partial charge in [0.25, 0.3) is 0 Å². The fourth-order valence-electron chi connectivity index (χ4n) is 2.37. The smallest absolute Gasteiger partial charge is 0.145 e. The lowest BCUT2D eigenvalue weighted by Gasteiger charge is -2.14. The van der Waals surface area contributed by atoms with Crippen LogP contribution in [-0.2, 0) is 0 Å². The van der Waals surface area contributed by atoms with Crippen molar-refractivity contribution in [1.29, 1.82) is 0 Å². The Balaban J connectivity index is 2.40. The van der Waals surface area contributed by atoms with Gasteiger partial charge >= 0.3 is 0 Å². The summed E-state index contributed by atoms with van der Waals surface area (Å²) in [7, 11) is 0. The molecule has 2 heterocycles. The minimum Gasteiger partial charge on any atom is -0.506 e. The molecule has 4 nitrogen and oxygen atoms in total. The highest BCUT2D eigenvalue weighted by atomic mass is 35.5. The van der Waals surface area contributed by atoms with Crippen molar-refractivity contribution in [2.24, 2.45) is 0 Å². The van der Waals surface area contributed by atoms with E-state index in [9.17, 15) is 5.11 Å². The summed E-state index contributed by atoms with van der Waals surface area (Å²) in [6.07, 6.45) is 3.06. The molecule has 0 atom stereocenters. The number of para-hydroxylation sites is 1. The van der Waals surface area contributed by atoms with Crippen LogP contribution in [0.15, 0.2) is 36.7 Å². The first-order valence-corrected chi connectivity index (χ1v) is 6.77. The molecule has 102 valence electrons. The number of imidazole rings is 1. The molecule has 0 amide bonds. The maximum Gasteiger partial charge on any atom is 0.145 e. The molecule has 0 spiro atoms. The van der Waals surface area contributed by atoms with Gasteiger partial charge in [0.2, 0.25) is 0 Å². The van der Waals surface area contributed by atoms with Gasteiger partial charge in [-0.05, 0) is 32.0 Å². The molecule has 0 bridgehead atoms. The number of halogens is 1.